The van der Waals surface area contributed by atoms with E-state index in [9.17, 15) is 4.79 Å². The predicted molar refractivity (Wildman–Crippen MR) is 60.3 cm³/mol. The van der Waals surface area contributed by atoms with E-state index in [0.717, 1.165) is 17.2 Å². The second kappa shape index (κ2) is 3.92. The quantitative estimate of drug-likeness (QED) is 0.743. The number of rotatable bonds is 2. The molecule has 0 saturated heterocycles. The highest BCUT2D eigenvalue weighted by molar-refractivity contribution is 5.08. The smallest absolute Gasteiger partial charge is 0.253 e. The van der Waals surface area contributed by atoms with Gasteiger partial charge in [0, 0.05) is 18.8 Å². The Morgan fingerprint density at radius 1 is 1.31 bits per heavy atom. The van der Waals surface area contributed by atoms with Gasteiger partial charge in [-0.3, -0.25) is 4.79 Å². The lowest BCUT2D eigenvalue weighted by molar-refractivity contribution is 0.668. The topological polar surface area (TPSA) is 52.7 Å². The van der Waals surface area contributed by atoms with Gasteiger partial charge >= 0.3 is 0 Å². The summed E-state index contributed by atoms with van der Waals surface area (Å²) in [4.78, 5) is 11.8. The van der Waals surface area contributed by atoms with Crippen molar-refractivity contribution in [3.8, 4) is 0 Å². The zero-order chi connectivity index (χ0) is 11.7. The van der Waals surface area contributed by atoms with Crippen LogP contribution in [-0.4, -0.2) is 19.3 Å². The van der Waals surface area contributed by atoms with E-state index < -0.39 is 0 Å². The zero-order valence-corrected chi connectivity index (χ0v) is 9.64. The van der Waals surface area contributed by atoms with Gasteiger partial charge in [-0.2, -0.15) is 0 Å². The van der Waals surface area contributed by atoms with Crippen molar-refractivity contribution >= 4 is 0 Å². The monoisotopic (exact) mass is 218 g/mol. The van der Waals surface area contributed by atoms with Crippen LogP contribution in [0.2, 0.25) is 0 Å². The van der Waals surface area contributed by atoms with E-state index in [1.165, 1.54) is 0 Å². The summed E-state index contributed by atoms with van der Waals surface area (Å²) in [6, 6.07) is 3.67. The number of nitrogens with zero attached hydrogens (tertiary/aromatic N) is 4. The summed E-state index contributed by atoms with van der Waals surface area (Å²) >= 11 is 0. The fraction of sp³-hybridized carbons (Fsp3) is 0.364. The Kier molecular flexibility index (Phi) is 2.60. The fourth-order valence-electron chi connectivity index (χ4n) is 1.52. The van der Waals surface area contributed by atoms with Crippen LogP contribution >= 0.6 is 0 Å². The SMILES string of the molecule is Cc1cccn(Cc2nnc(C)n2C)c1=O. The van der Waals surface area contributed by atoms with E-state index in [1.54, 1.807) is 23.8 Å². The molecule has 84 valence electrons. The molecule has 2 heterocycles. The molecule has 0 aliphatic rings. The van der Waals surface area contributed by atoms with Crippen LogP contribution in [0.15, 0.2) is 23.1 Å². The van der Waals surface area contributed by atoms with Gasteiger partial charge in [-0.15, -0.1) is 10.2 Å². The molecule has 0 saturated carbocycles. The molecule has 16 heavy (non-hydrogen) atoms. The minimum atomic E-state index is 0.0168. The molecule has 0 radical (unpaired) electrons. The lowest BCUT2D eigenvalue weighted by Crippen LogP contribution is -2.23. The molecule has 0 unspecified atom stereocenters. The molecule has 0 atom stereocenters. The van der Waals surface area contributed by atoms with E-state index in [1.807, 2.05) is 24.6 Å². The first-order valence-corrected chi connectivity index (χ1v) is 5.10. The van der Waals surface area contributed by atoms with Crippen LogP contribution in [0.25, 0.3) is 0 Å². The standard InChI is InChI=1S/C11H14N4O/c1-8-5-4-6-15(11(8)16)7-10-13-12-9(2)14(10)3/h4-6H,7H2,1-3H3. The van der Waals surface area contributed by atoms with Crippen LogP contribution in [0.3, 0.4) is 0 Å². The van der Waals surface area contributed by atoms with Crippen LogP contribution in [-0.2, 0) is 13.6 Å². The van der Waals surface area contributed by atoms with E-state index in [0.29, 0.717) is 6.54 Å². The maximum absolute atomic E-state index is 11.8. The molecule has 5 heteroatoms. The third-order valence-corrected chi connectivity index (χ3v) is 2.70. The predicted octanol–water partition coefficient (Wildman–Crippen LogP) is 0.642. The van der Waals surface area contributed by atoms with Crippen LogP contribution < -0.4 is 5.56 Å². The van der Waals surface area contributed by atoms with E-state index in [2.05, 4.69) is 10.2 Å². The third kappa shape index (κ3) is 1.76. The van der Waals surface area contributed by atoms with Gasteiger partial charge in [0.2, 0.25) is 0 Å². The third-order valence-electron chi connectivity index (χ3n) is 2.70. The Morgan fingerprint density at radius 2 is 2.06 bits per heavy atom. The van der Waals surface area contributed by atoms with Gasteiger partial charge in [0.05, 0.1) is 6.54 Å². The molecule has 0 aliphatic heterocycles. The number of aryl methyl sites for hydroxylation is 2. The summed E-state index contributed by atoms with van der Waals surface area (Å²) in [5, 5.41) is 8.00. The number of hydrogen-bond donors (Lipinski definition) is 0. The summed E-state index contributed by atoms with van der Waals surface area (Å²) < 4.78 is 3.52. The van der Waals surface area contributed by atoms with E-state index in [-0.39, 0.29) is 5.56 Å². The van der Waals surface area contributed by atoms with Crippen molar-refractivity contribution < 1.29 is 0 Å². The van der Waals surface area contributed by atoms with Crippen LogP contribution in [0.4, 0.5) is 0 Å². The Labute approximate surface area is 93.4 Å². The average Bonchev–Trinajstić information content (AvgIpc) is 2.57. The van der Waals surface area contributed by atoms with Crippen molar-refractivity contribution in [1.82, 2.24) is 19.3 Å². The number of hydrogen-bond acceptors (Lipinski definition) is 3. The van der Waals surface area contributed by atoms with Crippen LogP contribution in [0, 0.1) is 13.8 Å². The summed E-state index contributed by atoms with van der Waals surface area (Å²) in [6.07, 6.45) is 1.76. The molecule has 0 fully saturated rings. The Balaban J connectivity index is 2.38. The van der Waals surface area contributed by atoms with Crippen molar-refractivity contribution in [2.45, 2.75) is 20.4 Å². The average molecular weight is 218 g/mol. The minimum Gasteiger partial charge on any atom is -0.317 e. The fourth-order valence-corrected chi connectivity index (χ4v) is 1.52. The van der Waals surface area contributed by atoms with E-state index >= 15 is 0 Å². The largest absolute Gasteiger partial charge is 0.317 e. The first-order chi connectivity index (χ1) is 7.59. The molecule has 0 aliphatic carbocycles. The second-order valence-electron chi connectivity index (χ2n) is 3.85. The summed E-state index contributed by atoms with van der Waals surface area (Å²) in [5.41, 5.74) is 0.754. The van der Waals surface area contributed by atoms with Gasteiger partial charge in [0.25, 0.3) is 5.56 Å². The van der Waals surface area contributed by atoms with Crippen molar-refractivity contribution in [2.24, 2.45) is 7.05 Å². The van der Waals surface area contributed by atoms with E-state index in [4.69, 9.17) is 0 Å². The molecular formula is C11H14N4O. The molecule has 0 bridgehead atoms. The molecule has 2 aromatic rings. The van der Waals surface area contributed by atoms with Gasteiger partial charge in [-0.1, -0.05) is 6.07 Å². The van der Waals surface area contributed by atoms with Gasteiger partial charge < -0.3 is 9.13 Å². The maximum atomic E-state index is 11.8. The lowest BCUT2D eigenvalue weighted by Gasteiger charge is -2.05. The maximum Gasteiger partial charge on any atom is 0.253 e. The van der Waals surface area contributed by atoms with Crippen molar-refractivity contribution in [3.05, 3.63) is 45.9 Å². The lowest BCUT2D eigenvalue weighted by atomic mass is 10.3. The Morgan fingerprint density at radius 3 is 2.69 bits per heavy atom. The summed E-state index contributed by atoms with van der Waals surface area (Å²) in [6.45, 7) is 4.15. The van der Waals surface area contributed by atoms with Gasteiger partial charge in [-0.05, 0) is 19.9 Å². The summed E-state index contributed by atoms with van der Waals surface area (Å²) in [5.74, 6) is 1.63. The molecule has 2 rings (SSSR count). The van der Waals surface area contributed by atoms with Crippen molar-refractivity contribution in [3.63, 3.8) is 0 Å². The zero-order valence-electron chi connectivity index (χ0n) is 9.64. The Bertz CT molecular complexity index is 568. The van der Waals surface area contributed by atoms with Gasteiger partial charge in [-0.25, -0.2) is 0 Å². The molecule has 0 spiro atoms. The summed E-state index contributed by atoms with van der Waals surface area (Å²) in [7, 11) is 1.89. The van der Waals surface area contributed by atoms with Crippen molar-refractivity contribution in [2.75, 3.05) is 0 Å². The highest BCUT2D eigenvalue weighted by Crippen LogP contribution is 1.99. The molecule has 5 nitrogen and oxygen atoms in total. The first-order valence-electron chi connectivity index (χ1n) is 5.10. The first kappa shape index (κ1) is 10.6. The molecule has 0 amide bonds. The number of pyridine rings is 1. The van der Waals surface area contributed by atoms with Crippen LogP contribution in [0.1, 0.15) is 17.2 Å². The van der Waals surface area contributed by atoms with Gasteiger partial charge in [0.1, 0.15) is 5.82 Å². The minimum absolute atomic E-state index is 0.0168. The highest BCUT2D eigenvalue weighted by Gasteiger charge is 2.06. The highest BCUT2D eigenvalue weighted by atomic mass is 16.1. The number of aromatic nitrogens is 4. The molecule has 2 aromatic heterocycles. The second-order valence-corrected chi connectivity index (χ2v) is 3.85. The Hall–Kier alpha value is -1.91. The van der Waals surface area contributed by atoms with Gasteiger partial charge in [0.15, 0.2) is 5.82 Å². The van der Waals surface area contributed by atoms with Crippen molar-refractivity contribution in [1.29, 1.82) is 0 Å². The molecular weight excluding hydrogens is 204 g/mol. The molecule has 0 aromatic carbocycles. The normalized spacial score (nSPS) is 10.7. The molecule has 0 N–H and O–H groups in total. The van der Waals surface area contributed by atoms with Crippen LogP contribution in [0.5, 0.6) is 0 Å².